The van der Waals surface area contributed by atoms with Crippen molar-refractivity contribution in [2.75, 3.05) is 47.7 Å². The molecule has 2 N–H and O–H groups in total. The van der Waals surface area contributed by atoms with Gasteiger partial charge in [0.05, 0.1) is 30.9 Å². The molecule has 4 fully saturated rings. The van der Waals surface area contributed by atoms with Crippen molar-refractivity contribution in [1.82, 2.24) is 9.80 Å². The number of allylic oxidation sites excluding steroid dienone is 4. The fourth-order valence-corrected chi connectivity index (χ4v) is 16.6. The zero-order valence-corrected chi connectivity index (χ0v) is 45.7. The number of alkyl halides is 2. The van der Waals surface area contributed by atoms with Crippen molar-refractivity contribution in [2.45, 2.75) is 35.5 Å². The van der Waals surface area contributed by atoms with E-state index in [4.69, 9.17) is 23.2 Å². The maximum Gasteiger partial charge on any atom is 0.268 e. The van der Waals surface area contributed by atoms with Gasteiger partial charge in [0.2, 0.25) is 0 Å². The average Bonchev–Trinajstić information content (AvgIpc) is 2.11. The lowest BCUT2D eigenvalue weighted by atomic mass is 9.81. The Morgan fingerprint density at radius 2 is 0.825 bits per heavy atom. The number of amides is 4. The van der Waals surface area contributed by atoms with E-state index in [9.17, 15) is 39.0 Å². The fourth-order valence-electron chi connectivity index (χ4n) is 14.3. The Morgan fingerprint density at radius 1 is 0.475 bits per heavy atom. The predicted octanol–water partition coefficient (Wildman–Crippen LogP) is 12.2. The van der Waals surface area contributed by atoms with Gasteiger partial charge in [-0.2, -0.15) is 0 Å². The number of thiophene rings is 2. The lowest BCUT2D eigenvalue weighted by Gasteiger charge is -2.29. The van der Waals surface area contributed by atoms with Crippen LogP contribution in [0.1, 0.15) is 106 Å². The molecular formula is C64H46Cl2N4O8S2. The molecule has 4 aliphatic carbocycles. The van der Waals surface area contributed by atoms with Gasteiger partial charge in [-0.3, -0.25) is 28.8 Å². The lowest BCUT2D eigenvalue weighted by Crippen LogP contribution is -2.33. The number of rotatable bonds is 6. The number of carbonyl (C=O) groups excluding carboxylic acids is 6. The van der Waals surface area contributed by atoms with Gasteiger partial charge in [-0.05, 0) is 82.0 Å². The first-order valence-electron chi connectivity index (χ1n) is 26.6. The highest BCUT2D eigenvalue weighted by atomic mass is 35.5. The second-order valence-corrected chi connectivity index (χ2v) is 24.8. The van der Waals surface area contributed by atoms with Crippen LogP contribution < -0.4 is 9.80 Å². The van der Waals surface area contributed by atoms with Crippen LogP contribution in [0.25, 0.3) is 21.5 Å². The first-order chi connectivity index (χ1) is 38.8. The Balaban J connectivity index is 0.000000138. The second kappa shape index (κ2) is 17.8. The number of hydrogen-bond donors (Lipinski definition) is 2. The molecule has 4 amide bonds. The van der Waals surface area contributed by atoms with Gasteiger partial charge < -0.3 is 29.8 Å². The molecule has 0 radical (unpaired) electrons. The Hall–Kier alpha value is -7.88. The molecule has 6 atom stereocenters. The van der Waals surface area contributed by atoms with Crippen LogP contribution >= 0.6 is 45.9 Å². The number of phenols is 2. The third-order valence-electron chi connectivity index (χ3n) is 18.1. The highest BCUT2D eigenvalue weighted by Gasteiger charge is 2.68. The van der Waals surface area contributed by atoms with Gasteiger partial charge in [-0.15, -0.1) is 45.9 Å². The highest BCUT2D eigenvalue weighted by molar-refractivity contribution is 7.16. The van der Waals surface area contributed by atoms with E-state index < -0.39 is 0 Å². The van der Waals surface area contributed by atoms with E-state index in [1.54, 1.807) is 68.1 Å². The number of aromatic hydroxyl groups is 2. The van der Waals surface area contributed by atoms with Crippen molar-refractivity contribution in [3.8, 4) is 11.5 Å². The maximum absolute atomic E-state index is 13.8. The number of benzene rings is 6. The van der Waals surface area contributed by atoms with Crippen molar-refractivity contribution in [3.05, 3.63) is 210 Å². The maximum atomic E-state index is 13.8. The third kappa shape index (κ3) is 6.91. The van der Waals surface area contributed by atoms with Crippen LogP contribution in [-0.2, 0) is 10.8 Å². The first-order valence-corrected chi connectivity index (χ1v) is 29.3. The molecule has 2 aromatic heterocycles. The molecule has 396 valence electrons. The van der Waals surface area contributed by atoms with Crippen molar-refractivity contribution in [1.29, 1.82) is 0 Å². The summed E-state index contributed by atoms with van der Waals surface area (Å²) in [4.78, 5) is 89.4. The number of piperidine rings is 2. The van der Waals surface area contributed by atoms with Gasteiger partial charge in [0, 0.05) is 118 Å². The molecule has 8 aromatic rings. The summed E-state index contributed by atoms with van der Waals surface area (Å²) in [5.41, 5.74) is 7.84. The molecule has 6 heterocycles. The van der Waals surface area contributed by atoms with Gasteiger partial charge >= 0.3 is 0 Å². The Bertz CT molecular complexity index is 3960. The van der Waals surface area contributed by atoms with E-state index in [-0.39, 0.29) is 69.4 Å². The summed E-state index contributed by atoms with van der Waals surface area (Å²) in [5.74, 6) is 0.390. The normalized spacial score (nSPS) is 23.9. The molecule has 6 aromatic carbocycles. The van der Waals surface area contributed by atoms with Crippen LogP contribution in [-0.4, -0.2) is 93.1 Å². The Labute approximate surface area is 476 Å². The molecule has 80 heavy (non-hydrogen) atoms. The zero-order chi connectivity index (χ0) is 54.7. The topological polar surface area (TPSA) is 156 Å². The largest absolute Gasteiger partial charge is 0.507 e. The molecule has 0 unspecified atom stereocenters. The summed E-state index contributed by atoms with van der Waals surface area (Å²) in [7, 11) is 0. The van der Waals surface area contributed by atoms with Crippen LogP contribution in [0, 0.1) is 11.8 Å². The molecular weight excluding hydrogens is 1090 g/mol. The monoisotopic (exact) mass is 1130 g/mol. The van der Waals surface area contributed by atoms with Crippen LogP contribution in [0.4, 0.5) is 11.4 Å². The number of carbonyl (C=O) groups is 6. The van der Waals surface area contributed by atoms with Crippen molar-refractivity contribution in [2.24, 2.45) is 11.8 Å². The number of hydrogen-bond acceptors (Lipinski definition) is 10. The summed E-state index contributed by atoms with van der Waals surface area (Å²) >= 11 is 15.0. The molecule has 0 bridgehead atoms. The number of halogens is 2. The van der Waals surface area contributed by atoms with Crippen LogP contribution in [0.3, 0.4) is 0 Å². The van der Waals surface area contributed by atoms with E-state index in [0.29, 0.717) is 80.7 Å². The van der Waals surface area contributed by atoms with Crippen LogP contribution in [0.2, 0.25) is 0 Å². The summed E-state index contributed by atoms with van der Waals surface area (Å²) in [6, 6.07) is 40.6. The van der Waals surface area contributed by atoms with Crippen LogP contribution in [0.15, 0.2) is 157 Å². The Kier molecular flexibility index (Phi) is 11.0. The van der Waals surface area contributed by atoms with Gasteiger partial charge in [0.15, 0.2) is 11.6 Å². The first kappa shape index (κ1) is 49.2. The number of ketones is 2. The molecule has 2 saturated heterocycles. The number of phenolic OH excluding ortho intramolecular Hbond substituents is 2. The standard InChI is InChI=1S/C32H24Cl2N2O4S.C32H22N2O4S/c33-13-17-15-35(23-11-25(37)19-5-1-3-7-21(19)29(17)23)31(39)27-9-10-28(41-27)32(40)36-16-18(14-34)30-22-8-4-2-6-20(22)26(38)12-24(30)36;35-23-11-27-31(21-7-3-1-5-19(21)23)13-17(31)15-33(27)29(37)25-9-10-26(39-25)30(38)34-16-18-14-32(18)22-8-4-2-6-20(22)24(36)12-28(32)34/h1-12,17-18,37-38H,13-16H2;1-12,17-18H,13-16H2/t17-,18-;17-,18-,31-,32-/m11/s1. The van der Waals surface area contributed by atoms with E-state index in [2.05, 4.69) is 0 Å². The van der Waals surface area contributed by atoms with Gasteiger partial charge in [-0.25, -0.2) is 0 Å². The molecule has 16 heteroatoms. The second-order valence-electron chi connectivity index (χ2n) is 22.1. The summed E-state index contributed by atoms with van der Waals surface area (Å²) in [5, 5.41) is 24.6. The minimum absolute atomic E-state index is 0.0583. The van der Waals surface area contributed by atoms with E-state index in [0.717, 1.165) is 90.5 Å². The highest BCUT2D eigenvalue weighted by Crippen LogP contribution is 2.68. The number of fused-ring (bicyclic) bond motifs is 8. The SMILES string of the molecule is O=C(c1ccc(C(=O)N2C[C@@H](CCl)c3c2cc(O)c2ccccc32)s1)N1C[C@@H](CCl)c2c1cc(O)c1ccccc21.O=C1C=C2N(C(=O)c3ccc(C(=O)N4C[C@H]5C[C@@]56C4=CC(=O)c4ccccc46)s3)C[C@H]3C[C@@]23c2ccccc21. The lowest BCUT2D eigenvalue weighted by molar-refractivity contribution is 0.0808. The minimum Gasteiger partial charge on any atom is -0.507 e. The molecule has 4 aliphatic heterocycles. The molecule has 16 rings (SSSR count). The minimum atomic E-state index is -0.248. The van der Waals surface area contributed by atoms with Gasteiger partial charge in [0.25, 0.3) is 23.6 Å². The van der Waals surface area contributed by atoms with Crippen molar-refractivity contribution >= 4 is 114 Å². The Morgan fingerprint density at radius 3 is 1.21 bits per heavy atom. The van der Waals surface area contributed by atoms with Crippen LogP contribution in [0.5, 0.6) is 11.5 Å². The molecule has 2 saturated carbocycles. The van der Waals surface area contributed by atoms with E-state index in [1.807, 2.05) is 97.1 Å². The summed E-state index contributed by atoms with van der Waals surface area (Å²) < 4.78 is 0. The number of likely N-dealkylation sites (tertiary alicyclic amines) is 2. The van der Waals surface area contributed by atoms with E-state index >= 15 is 0 Å². The molecule has 12 nitrogen and oxygen atoms in total. The number of anilines is 2. The smallest absolute Gasteiger partial charge is 0.268 e. The quantitative estimate of drug-likeness (QED) is 0.156. The molecule has 8 aliphatic rings. The summed E-state index contributed by atoms with van der Waals surface area (Å²) in [6.07, 6.45) is 5.20. The average molecular weight is 1130 g/mol. The fraction of sp³-hybridized carbons (Fsp3) is 0.219. The van der Waals surface area contributed by atoms with Crippen molar-refractivity contribution in [3.63, 3.8) is 0 Å². The predicted molar refractivity (Wildman–Crippen MR) is 309 cm³/mol. The van der Waals surface area contributed by atoms with Crippen molar-refractivity contribution < 1.29 is 39.0 Å². The molecule has 2 spiro atoms. The van der Waals surface area contributed by atoms with Gasteiger partial charge in [0.1, 0.15) is 11.5 Å². The summed E-state index contributed by atoms with van der Waals surface area (Å²) in [6.45, 7) is 1.93. The third-order valence-corrected chi connectivity index (χ3v) is 21.0. The van der Waals surface area contributed by atoms with Gasteiger partial charge in [-0.1, -0.05) is 97.1 Å². The van der Waals surface area contributed by atoms with E-state index in [1.165, 1.54) is 11.3 Å². The number of nitrogens with zero attached hydrogens (tertiary/aromatic N) is 4. The zero-order valence-electron chi connectivity index (χ0n) is 42.5.